The van der Waals surface area contributed by atoms with Crippen molar-refractivity contribution in [1.29, 1.82) is 0 Å². The van der Waals surface area contributed by atoms with E-state index in [2.05, 4.69) is 5.10 Å². The van der Waals surface area contributed by atoms with Gasteiger partial charge in [0.15, 0.2) is 0 Å². The van der Waals surface area contributed by atoms with Crippen molar-refractivity contribution in [2.75, 3.05) is 12.9 Å². The number of carbonyl (C=O) groups excluding carboxylic acids is 2. The lowest BCUT2D eigenvalue weighted by Crippen LogP contribution is -2.11. The minimum Gasteiger partial charge on any atom is -0.462 e. The summed E-state index contributed by atoms with van der Waals surface area (Å²) in [6.07, 6.45) is 3.41. The number of nitrogens with two attached hydrogens (primary N) is 1. The van der Waals surface area contributed by atoms with Crippen LogP contribution in [-0.4, -0.2) is 34.4 Å². The number of esters is 1. The summed E-state index contributed by atoms with van der Waals surface area (Å²) in [7, 11) is 0. The van der Waals surface area contributed by atoms with E-state index in [1.54, 1.807) is 25.3 Å². The van der Waals surface area contributed by atoms with E-state index >= 15 is 0 Å². The van der Waals surface area contributed by atoms with Crippen LogP contribution in [0.25, 0.3) is 5.52 Å². The Labute approximate surface area is 113 Å². The van der Waals surface area contributed by atoms with Gasteiger partial charge in [0, 0.05) is 11.8 Å². The molecule has 2 aromatic rings. The van der Waals surface area contributed by atoms with Crippen LogP contribution < -0.4 is 5.73 Å². The summed E-state index contributed by atoms with van der Waals surface area (Å²) in [5.74, 6) is -1.01. The average molecular weight is 279 g/mol. The molecule has 0 atom stereocenters. The largest absolute Gasteiger partial charge is 0.462 e. The molecular formula is C12H13N3O3S. The minimum atomic E-state index is -0.552. The highest BCUT2D eigenvalue weighted by molar-refractivity contribution is 7.98. The summed E-state index contributed by atoms with van der Waals surface area (Å²) in [6, 6.07) is 3.10. The molecule has 6 nitrogen and oxygen atoms in total. The molecule has 0 spiro atoms. The van der Waals surface area contributed by atoms with Crippen molar-refractivity contribution in [3.05, 3.63) is 29.5 Å². The maximum Gasteiger partial charge on any atom is 0.343 e. The van der Waals surface area contributed by atoms with Crippen LogP contribution in [0.5, 0.6) is 0 Å². The molecule has 2 N–H and O–H groups in total. The Kier molecular flexibility index (Phi) is 3.75. The normalized spacial score (nSPS) is 10.6. The number of primary amides is 1. The first kappa shape index (κ1) is 13.4. The molecule has 19 heavy (non-hydrogen) atoms. The van der Waals surface area contributed by atoms with Crippen LogP contribution in [0, 0.1) is 0 Å². The van der Waals surface area contributed by atoms with E-state index in [9.17, 15) is 9.59 Å². The summed E-state index contributed by atoms with van der Waals surface area (Å²) >= 11 is 1.34. The Bertz CT molecular complexity index is 651. The highest BCUT2D eigenvalue weighted by atomic mass is 32.2. The van der Waals surface area contributed by atoms with Crippen molar-refractivity contribution in [1.82, 2.24) is 9.61 Å². The maximum atomic E-state index is 12.0. The number of ether oxygens (including phenoxy) is 1. The lowest BCUT2D eigenvalue weighted by atomic mass is 10.2. The fourth-order valence-corrected chi connectivity index (χ4v) is 2.28. The molecule has 1 amide bonds. The van der Waals surface area contributed by atoms with Crippen LogP contribution in [0.3, 0.4) is 0 Å². The van der Waals surface area contributed by atoms with Gasteiger partial charge in [-0.15, -0.1) is 11.8 Å². The molecule has 2 aromatic heterocycles. The minimum absolute atomic E-state index is 0.277. The number of rotatable bonds is 4. The smallest absolute Gasteiger partial charge is 0.343 e. The summed E-state index contributed by atoms with van der Waals surface area (Å²) in [6.45, 7) is 2.01. The fourth-order valence-electron chi connectivity index (χ4n) is 1.72. The topological polar surface area (TPSA) is 86.7 Å². The van der Waals surface area contributed by atoms with Gasteiger partial charge in [-0.05, 0) is 25.3 Å². The molecular weight excluding hydrogens is 266 g/mol. The molecule has 0 radical (unpaired) electrons. The van der Waals surface area contributed by atoms with Crippen molar-refractivity contribution in [3.63, 3.8) is 0 Å². The van der Waals surface area contributed by atoms with Gasteiger partial charge in [0.1, 0.15) is 10.6 Å². The van der Waals surface area contributed by atoms with Crippen molar-refractivity contribution in [2.24, 2.45) is 5.73 Å². The van der Waals surface area contributed by atoms with Crippen molar-refractivity contribution in [3.8, 4) is 0 Å². The molecule has 7 heteroatoms. The molecule has 0 aromatic carbocycles. The molecule has 100 valence electrons. The Morgan fingerprint density at radius 3 is 2.84 bits per heavy atom. The average Bonchev–Trinajstić information content (AvgIpc) is 2.76. The zero-order chi connectivity index (χ0) is 14.0. The van der Waals surface area contributed by atoms with E-state index in [0.29, 0.717) is 21.7 Å². The van der Waals surface area contributed by atoms with Crippen LogP contribution in [0.15, 0.2) is 23.4 Å². The van der Waals surface area contributed by atoms with Crippen LogP contribution in [0.1, 0.15) is 27.6 Å². The van der Waals surface area contributed by atoms with Gasteiger partial charge < -0.3 is 10.5 Å². The quantitative estimate of drug-likeness (QED) is 0.674. The van der Waals surface area contributed by atoms with Gasteiger partial charge >= 0.3 is 5.97 Å². The van der Waals surface area contributed by atoms with Gasteiger partial charge in [-0.1, -0.05) is 0 Å². The fraction of sp³-hybridized carbons (Fsp3) is 0.250. The number of nitrogens with zero attached hydrogens (tertiary/aromatic N) is 2. The summed E-state index contributed by atoms with van der Waals surface area (Å²) in [5.41, 5.74) is 6.44. The third kappa shape index (κ3) is 2.41. The second-order valence-electron chi connectivity index (χ2n) is 3.71. The molecule has 0 saturated carbocycles. The third-order valence-corrected chi connectivity index (χ3v) is 3.23. The predicted molar refractivity (Wildman–Crippen MR) is 71.4 cm³/mol. The highest BCUT2D eigenvalue weighted by Gasteiger charge is 2.21. The van der Waals surface area contributed by atoms with Gasteiger partial charge in [0.25, 0.3) is 0 Å². The second kappa shape index (κ2) is 5.31. The standard InChI is InChI=1S/C12H13N3O3S/c1-3-18-12(17)9-8-6-7(10(13)16)4-5-15(8)14-11(9)19-2/h4-6H,3H2,1-2H3,(H2,13,16). The second-order valence-corrected chi connectivity index (χ2v) is 4.51. The zero-order valence-electron chi connectivity index (χ0n) is 10.5. The van der Waals surface area contributed by atoms with E-state index in [4.69, 9.17) is 10.5 Å². The number of amides is 1. The Balaban J connectivity index is 2.66. The van der Waals surface area contributed by atoms with Crippen LogP contribution in [0.4, 0.5) is 0 Å². The molecule has 0 aliphatic heterocycles. The van der Waals surface area contributed by atoms with Gasteiger partial charge in [-0.25, -0.2) is 9.31 Å². The SMILES string of the molecule is CCOC(=O)c1c(SC)nn2ccc(C(N)=O)cc12. The molecule has 0 aliphatic rings. The number of pyridine rings is 1. The van der Waals surface area contributed by atoms with Crippen molar-refractivity contribution in [2.45, 2.75) is 11.9 Å². The lowest BCUT2D eigenvalue weighted by Gasteiger charge is -2.02. The van der Waals surface area contributed by atoms with Gasteiger partial charge in [-0.3, -0.25) is 4.79 Å². The van der Waals surface area contributed by atoms with E-state index in [0.717, 1.165) is 0 Å². The molecule has 0 aliphatic carbocycles. The van der Waals surface area contributed by atoms with Crippen molar-refractivity contribution >= 4 is 29.2 Å². The Hall–Kier alpha value is -2.02. The van der Waals surface area contributed by atoms with E-state index in [1.165, 1.54) is 16.3 Å². The van der Waals surface area contributed by atoms with Crippen LogP contribution in [0.2, 0.25) is 0 Å². The number of hydrogen-bond acceptors (Lipinski definition) is 5. The van der Waals surface area contributed by atoms with Gasteiger partial charge in [0.2, 0.25) is 5.91 Å². The van der Waals surface area contributed by atoms with E-state index in [-0.39, 0.29) is 6.61 Å². The molecule has 0 bridgehead atoms. The first-order chi connectivity index (χ1) is 9.08. The number of hydrogen-bond donors (Lipinski definition) is 1. The Morgan fingerprint density at radius 1 is 1.53 bits per heavy atom. The monoisotopic (exact) mass is 279 g/mol. The molecule has 2 heterocycles. The van der Waals surface area contributed by atoms with E-state index < -0.39 is 11.9 Å². The maximum absolute atomic E-state index is 12.0. The third-order valence-electron chi connectivity index (χ3n) is 2.56. The summed E-state index contributed by atoms with van der Waals surface area (Å²) < 4.78 is 6.55. The van der Waals surface area contributed by atoms with Crippen LogP contribution >= 0.6 is 11.8 Å². The lowest BCUT2D eigenvalue weighted by molar-refractivity contribution is 0.0524. The van der Waals surface area contributed by atoms with Gasteiger partial charge in [-0.2, -0.15) is 5.10 Å². The molecule has 0 saturated heterocycles. The zero-order valence-corrected chi connectivity index (χ0v) is 11.4. The first-order valence-corrected chi connectivity index (χ1v) is 6.84. The molecule has 0 unspecified atom stereocenters. The number of aromatic nitrogens is 2. The molecule has 0 fully saturated rings. The van der Waals surface area contributed by atoms with Gasteiger partial charge in [0.05, 0.1) is 12.1 Å². The summed E-state index contributed by atoms with van der Waals surface area (Å²) in [4.78, 5) is 23.2. The number of carbonyl (C=O) groups is 2. The number of fused-ring (bicyclic) bond motifs is 1. The highest BCUT2D eigenvalue weighted by Crippen LogP contribution is 2.25. The molecule has 2 rings (SSSR count). The first-order valence-electron chi connectivity index (χ1n) is 5.61. The number of thioether (sulfide) groups is 1. The summed E-state index contributed by atoms with van der Waals surface area (Å²) in [5, 5.41) is 4.82. The van der Waals surface area contributed by atoms with Crippen molar-refractivity contribution < 1.29 is 14.3 Å². The van der Waals surface area contributed by atoms with E-state index in [1.807, 2.05) is 6.26 Å². The Morgan fingerprint density at radius 2 is 2.26 bits per heavy atom. The van der Waals surface area contributed by atoms with Crippen LogP contribution in [-0.2, 0) is 4.74 Å². The predicted octanol–water partition coefficient (Wildman–Crippen LogP) is 1.33.